The molecule has 0 saturated carbocycles. The average molecular weight is 246 g/mol. The van der Waals surface area contributed by atoms with Crippen LogP contribution in [-0.4, -0.2) is 64.1 Å². The van der Waals surface area contributed by atoms with Crippen LogP contribution < -0.4 is 5.32 Å². The Labute approximate surface area is 107 Å². The van der Waals surface area contributed by atoms with Gasteiger partial charge >= 0.3 is 0 Å². The van der Waals surface area contributed by atoms with Crippen LogP contribution in [0.5, 0.6) is 0 Å². The van der Waals surface area contributed by atoms with E-state index in [1.807, 2.05) is 20.9 Å². The maximum Gasteiger partial charge on any atom is 0.0593 e. The Hall–Kier alpha value is -0.160. The molecule has 0 amide bonds. The van der Waals surface area contributed by atoms with E-state index in [1.54, 1.807) is 0 Å². The average Bonchev–Trinajstić information content (AvgIpc) is 2.34. The van der Waals surface area contributed by atoms with E-state index in [0.29, 0.717) is 6.04 Å². The van der Waals surface area contributed by atoms with Crippen molar-refractivity contribution in [1.82, 2.24) is 10.2 Å². The van der Waals surface area contributed by atoms with Gasteiger partial charge in [0.2, 0.25) is 0 Å². The molecule has 104 valence electrons. The van der Waals surface area contributed by atoms with Crippen molar-refractivity contribution in [2.45, 2.75) is 33.2 Å². The zero-order chi connectivity index (χ0) is 12.9. The van der Waals surface area contributed by atoms with E-state index in [2.05, 4.69) is 17.1 Å². The predicted molar refractivity (Wildman–Crippen MR) is 72.6 cm³/mol. The Bertz CT molecular complexity index is 146. The van der Waals surface area contributed by atoms with E-state index in [-0.39, 0.29) is 0 Å². The molecule has 0 bridgehead atoms. The quantitative estimate of drug-likeness (QED) is 0.527. The van der Waals surface area contributed by atoms with Crippen LogP contribution in [0.25, 0.3) is 0 Å². The van der Waals surface area contributed by atoms with Gasteiger partial charge < -0.3 is 14.8 Å². The van der Waals surface area contributed by atoms with Crippen molar-refractivity contribution in [3.05, 3.63) is 0 Å². The van der Waals surface area contributed by atoms with Crippen molar-refractivity contribution < 1.29 is 9.47 Å². The summed E-state index contributed by atoms with van der Waals surface area (Å²) in [5, 5.41) is 3.20. The van der Waals surface area contributed by atoms with Gasteiger partial charge in [-0.1, -0.05) is 0 Å². The smallest absolute Gasteiger partial charge is 0.0593 e. The van der Waals surface area contributed by atoms with E-state index in [0.717, 1.165) is 52.5 Å². The lowest BCUT2D eigenvalue weighted by molar-refractivity contribution is 0.0646. The Morgan fingerprint density at radius 2 is 1.59 bits per heavy atom. The normalized spacial score (nSPS) is 13.2. The third kappa shape index (κ3) is 9.53. The van der Waals surface area contributed by atoms with Crippen molar-refractivity contribution >= 4 is 0 Å². The molecule has 0 fully saturated rings. The maximum atomic E-state index is 5.43. The van der Waals surface area contributed by atoms with Gasteiger partial charge in [-0.05, 0) is 40.8 Å². The molecule has 0 aromatic rings. The fourth-order valence-electron chi connectivity index (χ4n) is 1.74. The molecule has 0 aromatic carbocycles. The van der Waals surface area contributed by atoms with E-state index in [9.17, 15) is 0 Å². The first-order valence-electron chi connectivity index (χ1n) is 6.80. The summed E-state index contributed by atoms with van der Waals surface area (Å²) in [4.78, 5) is 2.45. The molecular weight excluding hydrogens is 216 g/mol. The topological polar surface area (TPSA) is 33.7 Å². The minimum absolute atomic E-state index is 0.573. The molecule has 0 radical (unpaired) electrons. The van der Waals surface area contributed by atoms with Crippen LogP contribution in [0.1, 0.15) is 27.2 Å². The fraction of sp³-hybridized carbons (Fsp3) is 1.00. The number of rotatable bonds is 12. The summed E-state index contributed by atoms with van der Waals surface area (Å²) >= 11 is 0. The zero-order valence-electron chi connectivity index (χ0n) is 12.0. The second kappa shape index (κ2) is 12.3. The molecule has 4 heteroatoms. The van der Waals surface area contributed by atoms with Crippen LogP contribution in [-0.2, 0) is 9.47 Å². The van der Waals surface area contributed by atoms with Gasteiger partial charge in [0.1, 0.15) is 0 Å². The van der Waals surface area contributed by atoms with Gasteiger partial charge in [0.25, 0.3) is 0 Å². The first-order chi connectivity index (χ1) is 8.26. The summed E-state index contributed by atoms with van der Waals surface area (Å²) in [6.45, 7) is 12.6. The molecule has 0 aliphatic rings. The van der Waals surface area contributed by atoms with Crippen LogP contribution in [0.4, 0.5) is 0 Å². The van der Waals surface area contributed by atoms with Crippen molar-refractivity contribution in [3.63, 3.8) is 0 Å². The summed E-state index contributed by atoms with van der Waals surface area (Å²) in [6.07, 6.45) is 1.16. The van der Waals surface area contributed by atoms with Gasteiger partial charge in [-0.2, -0.15) is 0 Å². The zero-order valence-corrected chi connectivity index (χ0v) is 12.0. The lowest BCUT2D eigenvalue weighted by Gasteiger charge is -2.28. The van der Waals surface area contributed by atoms with Crippen molar-refractivity contribution in [2.75, 3.05) is 53.1 Å². The molecule has 0 aromatic heterocycles. The minimum atomic E-state index is 0.573. The lowest BCUT2D eigenvalue weighted by Crippen LogP contribution is -2.39. The largest absolute Gasteiger partial charge is 0.380 e. The summed E-state index contributed by atoms with van der Waals surface area (Å²) in [6, 6.07) is 0.573. The van der Waals surface area contributed by atoms with Crippen LogP contribution in [0.15, 0.2) is 0 Å². The monoisotopic (exact) mass is 246 g/mol. The van der Waals surface area contributed by atoms with E-state index < -0.39 is 0 Å². The second-order valence-electron chi connectivity index (χ2n) is 4.17. The summed E-state index contributed by atoms with van der Waals surface area (Å²) in [7, 11) is 2.00. The standard InChI is InChI=1S/C13H30N2O2/c1-5-16-11-9-15(10-12-17-6-2)13(3)7-8-14-4/h13-14H,5-12H2,1-4H3. The molecule has 4 nitrogen and oxygen atoms in total. The number of hydrogen-bond acceptors (Lipinski definition) is 4. The molecule has 17 heavy (non-hydrogen) atoms. The van der Waals surface area contributed by atoms with Crippen LogP contribution in [0.3, 0.4) is 0 Å². The van der Waals surface area contributed by atoms with Gasteiger partial charge in [0.05, 0.1) is 13.2 Å². The van der Waals surface area contributed by atoms with Crippen molar-refractivity contribution in [2.24, 2.45) is 0 Å². The number of ether oxygens (including phenoxy) is 2. The fourth-order valence-corrected chi connectivity index (χ4v) is 1.74. The third-order valence-corrected chi connectivity index (χ3v) is 2.89. The first-order valence-corrected chi connectivity index (χ1v) is 6.80. The Kier molecular flexibility index (Phi) is 12.2. The summed E-state index contributed by atoms with van der Waals surface area (Å²) in [5.74, 6) is 0. The van der Waals surface area contributed by atoms with Crippen molar-refractivity contribution in [1.29, 1.82) is 0 Å². The highest BCUT2D eigenvalue weighted by molar-refractivity contribution is 4.68. The molecule has 1 unspecified atom stereocenters. The molecule has 0 aliphatic heterocycles. The number of nitrogens with zero attached hydrogens (tertiary/aromatic N) is 1. The van der Waals surface area contributed by atoms with Gasteiger partial charge in [0, 0.05) is 32.3 Å². The lowest BCUT2D eigenvalue weighted by atomic mass is 10.2. The molecule has 0 rings (SSSR count). The molecule has 0 saturated heterocycles. The minimum Gasteiger partial charge on any atom is -0.380 e. The van der Waals surface area contributed by atoms with Crippen LogP contribution >= 0.6 is 0 Å². The van der Waals surface area contributed by atoms with Gasteiger partial charge in [-0.15, -0.1) is 0 Å². The molecule has 0 aliphatic carbocycles. The number of hydrogen-bond donors (Lipinski definition) is 1. The SMILES string of the molecule is CCOCCN(CCOCC)C(C)CCNC. The Balaban J connectivity index is 3.89. The number of nitrogens with one attached hydrogen (secondary N) is 1. The van der Waals surface area contributed by atoms with Crippen molar-refractivity contribution in [3.8, 4) is 0 Å². The molecular formula is C13H30N2O2. The van der Waals surface area contributed by atoms with Gasteiger partial charge in [0.15, 0.2) is 0 Å². The second-order valence-corrected chi connectivity index (χ2v) is 4.17. The Morgan fingerprint density at radius 1 is 1.06 bits per heavy atom. The van der Waals surface area contributed by atoms with E-state index in [4.69, 9.17) is 9.47 Å². The summed E-state index contributed by atoms with van der Waals surface area (Å²) in [5.41, 5.74) is 0. The molecule has 1 atom stereocenters. The molecule has 0 spiro atoms. The predicted octanol–water partition coefficient (Wildman–Crippen LogP) is 1.36. The highest BCUT2D eigenvalue weighted by Crippen LogP contribution is 2.03. The van der Waals surface area contributed by atoms with Crippen LogP contribution in [0, 0.1) is 0 Å². The molecule has 0 heterocycles. The summed E-state index contributed by atoms with van der Waals surface area (Å²) < 4.78 is 10.9. The molecule has 1 N–H and O–H groups in total. The van der Waals surface area contributed by atoms with E-state index in [1.165, 1.54) is 0 Å². The van der Waals surface area contributed by atoms with Gasteiger partial charge in [-0.3, -0.25) is 4.90 Å². The van der Waals surface area contributed by atoms with Gasteiger partial charge in [-0.25, -0.2) is 0 Å². The third-order valence-electron chi connectivity index (χ3n) is 2.89. The van der Waals surface area contributed by atoms with E-state index >= 15 is 0 Å². The highest BCUT2D eigenvalue weighted by atomic mass is 16.5. The maximum absolute atomic E-state index is 5.43. The highest BCUT2D eigenvalue weighted by Gasteiger charge is 2.12. The first kappa shape index (κ1) is 16.8. The van der Waals surface area contributed by atoms with Crippen LogP contribution in [0.2, 0.25) is 0 Å². The Morgan fingerprint density at radius 3 is 2.00 bits per heavy atom.